The van der Waals surface area contributed by atoms with Crippen LogP contribution in [-0.4, -0.2) is 23.7 Å². The van der Waals surface area contributed by atoms with Crippen molar-refractivity contribution in [2.24, 2.45) is 5.73 Å². The van der Waals surface area contributed by atoms with Crippen molar-refractivity contribution >= 4 is 0 Å². The van der Waals surface area contributed by atoms with Crippen molar-refractivity contribution in [3.8, 4) is 0 Å². The van der Waals surface area contributed by atoms with Crippen molar-refractivity contribution < 1.29 is 13.9 Å². The molecule has 0 aliphatic carbocycles. The van der Waals surface area contributed by atoms with Gasteiger partial charge in [-0.25, -0.2) is 8.78 Å². The summed E-state index contributed by atoms with van der Waals surface area (Å²) < 4.78 is 26.0. The molecule has 0 aromatic rings. The van der Waals surface area contributed by atoms with Crippen molar-refractivity contribution in [2.75, 3.05) is 6.54 Å². The van der Waals surface area contributed by atoms with Crippen molar-refractivity contribution in [2.45, 2.75) is 51.1 Å². The summed E-state index contributed by atoms with van der Waals surface area (Å²) in [7, 11) is 0. The molecule has 1 atom stereocenters. The Labute approximate surface area is 78.1 Å². The van der Waals surface area contributed by atoms with Gasteiger partial charge in [0, 0.05) is 6.42 Å². The topological polar surface area (TPSA) is 46.2 Å². The number of aliphatic hydroxyl groups is 1. The summed E-state index contributed by atoms with van der Waals surface area (Å²) in [5.41, 5.74) is 5.12. The van der Waals surface area contributed by atoms with Crippen molar-refractivity contribution in [1.29, 1.82) is 0 Å². The van der Waals surface area contributed by atoms with Gasteiger partial charge in [-0.1, -0.05) is 19.8 Å². The monoisotopic (exact) mass is 195 g/mol. The third-order valence-electron chi connectivity index (χ3n) is 2.03. The summed E-state index contributed by atoms with van der Waals surface area (Å²) in [5, 5.41) is 9.14. The Bertz CT molecular complexity index is 131. The maximum Gasteiger partial charge on any atom is 0.273 e. The minimum atomic E-state index is -2.96. The number of halogens is 2. The Morgan fingerprint density at radius 2 is 2.00 bits per heavy atom. The smallest absolute Gasteiger partial charge is 0.273 e. The fraction of sp³-hybridized carbons (Fsp3) is 1.00. The van der Waals surface area contributed by atoms with Gasteiger partial charge in [-0.15, -0.1) is 0 Å². The lowest BCUT2D eigenvalue weighted by Gasteiger charge is -2.22. The van der Waals surface area contributed by atoms with E-state index in [1.807, 2.05) is 6.92 Å². The van der Waals surface area contributed by atoms with Gasteiger partial charge in [0.1, 0.15) is 6.10 Å². The highest BCUT2D eigenvalue weighted by Gasteiger charge is 2.36. The third kappa shape index (κ3) is 5.16. The summed E-state index contributed by atoms with van der Waals surface area (Å²) in [5.74, 6) is -2.96. The van der Waals surface area contributed by atoms with Crippen LogP contribution in [-0.2, 0) is 0 Å². The van der Waals surface area contributed by atoms with E-state index in [4.69, 9.17) is 10.8 Å². The van der Waals surface area contributed by atoms with E-state index < -0.39 is 12.0 Å². The minimum absolute atomic E-state index is 0.175. The molecule has 1 unspecified atom stereocenters. The lowest BCUT2D eigenvalue weighted by molar-refractivity contribution is -0.117. The molecule has 0 aromatic heterocycles. The maximum atomic E-state index is 13.0. The van der Waals surface area contributed by atoms with E-state index in [2.05, 4.69) is 0 Å². The Hall–Kier alpha value is -0.220. The second-order valence-corrected chi connectivity index (χ2v) is 3.31. The second kappa shape index (κ2) is 6.27. The Morgan fingerprint density at radius 3 is 2.46 bits per heavy atom. The van der Waals surface area contributed by atoms with Crippen LogP contribution in [0.1, 0.15) is 39.0 Å². The van der Waals surface area contributed by atoms with Gasteiger partial charge in [-0.2, -0.15) is 0 Å². The summed E-state index contributed by atoms with van der Waals surface area (Å²) >= 11 is 0. The van der Waals surface area contributed by atoms with Gasteiger partial charge in [-0.05, 0) is 19.4 Å². The molecular formula is C9H19F2NO. The van der Waals surface area contributed by atoms with E-state index in [1.165, 1.54) is 0 Å². The lowest BCUT2D eigenvalue weighted by Crippen LogP contribution is -2.33. The van der Waals surface area contributed by atoms with Crippen LogP contribution in [0.5, 0.6) is 0 Å². The summed E-state index contributed by atoms with van der Waals surface area (Å²) in [6.45, 7) is 2.15. The Kier molecular flexibility index (Phi) is 6.16. The van der Waals surface area contributed by atoms with Crippen LogP contribution < -0.4 is 5.73 Å². The van der Waals surface area contributed by atoms with Crippen molar-refractivity contribution in [3.63, 3.8) is 0 Å². The predicted molar refractivity (Wildman–Crippen MR) is 48.8 cm³/mol. The van der Waals surface area contributed by atoms with E-state index in [0.29, 0.717) is 6.42 Å². The van der Waals surface area contributed by atoms with Crippen LogP contribution in [0.15, 0.2) is 0 Å². The van der Waals surface area contributed by atoms with Crippen LogP contribution in [0.25, 0.3) is 0 Å². The number of rotatable bonds is 7. The number of aliphatic hydroxyl groups excluding tert-OH is 1. The summed E-state index contributed by atoms with van der Waals surface area (Å²) in [6, 6.07) is 0. The van der Waals surface area contributed by atoms with Gasteiger partial charge >= 0.3 is 0 Å². The molecule has 80 valence electrons. The molecule has 4 heteroatoms. The molecule has 2 nitrogen and oxygen atoms in total. The van der Waals surface area contributed by atoms with Gasteiger partial charge in [0.2, 0.25) is 0 Å². The largest absolute Gasteiger partial charge is 0.387 e. The molecule has 0 radical (unpaired) electrons. The lowest BCUT2D eigenvalue weighted by atomic mass is 10.0. The quantitative estimate of drug-likeness (QED) is 0.652. The summed E-state index contributed by atoms with van der Waals surface area (Å²) in [6.07, 6.45) is 0.0844. The van der Waals surface area contributed by atoms with Crippen molar-refractivity contribution in [1.82, 2.24) is 0 Å². The SMILES string of the molecule is CCCCC(O)C(F)(F)CCCN. The molecule has 3 N–H and O–H groups in total. The first-order valence-electron chi connectivity index (χ1n) is 4.80. The maximum absolute atomic E-state index is 13.0. The second-order valence-electron chi connectivity index (χ2n) is 3.31. The molecule has 0 aliphatic rings. The fourth-order valence-electron chi connectivity index (χ4n) is 1.11. The molecule has 0 saturated carbocycles. The minimum Gasteiger partial charge on any atom is -0.387 e. The van der Waals surface area contributed by atoms with E-state index in [-0.39, 0.29) is 25.8 Å². The molecule has 0 saturated heterocycles. The summed E-state index contributed by atoms with van der Waals surface area (Å²) in [4.78, 5) is 0. The zero-order valence-corrected chi connectivity index (χ0v) is 8.10. The molecule has 0 spiro atoms. The van der Waals surface area contributed by atoms with E-state index >= 15 is 0 Å². The molecular weight excluding hydrogens is 176 g/mol. The van der Waals surface area contributed by atoms with Crippen molar-refractivity contribution in [3.05, 3.63) is 0 Å². The highest BCUT2D eigenvalue weighted by Crippen LogP contribution is 2.27. The normalized spacial score (nSPS) is 14.5. The van der Waals surface area contributed by atoms with Crippen LogP contribution in [0.3, 0.4) is 0 Å². The number of alkyl halides is 2. The standard InChI is InChI=1S/C9H19F2NO/c1-2-3-5-8(13)9(10,11)6-4-7-12/h8,13H,2-7,12H2,1H3. The zero-order valence-electron chi connectivity index (χ0n) is 8.10. The van der Waals surface area contributed by atoms with E-state index in [0.717, 1.165) is 6.42 Å². The third-order valence-corrected chi connectivity index (χ3v) is 2.03. The first-order valence-corrected chi connectivity index (χ1v) is 4.80. The number of hydrogen-bond donors (Lipinski definition) is 2. The molecule has 0 aromatic carbocycles. The average Bonchev–Trinajstić information content (AvgIpc) is 2.10. The molecule has 0 bridgehead atoms. The van der Waals surface area contributed by atoms with Crippen LogP contribution in [0.2, 0.25) is 0 Å². The number of hydrogen-bond acceptors (Lipinski definition) is 2. The van der Waals surface area contributed by atoms with Gasteiger partial charge in [0.25, 0.3) is 5.92 Å². The first kappa shape index (κ1) is 12.8. The van der Waals surface area contributed by atoms with Gasteiger partial charge in [0.15, 0.2) is 0 Å². The van der Waals surface area contributed by atoms with Crippen LogP contribution in [0, 0.1) is 0 Å². The Balaban J connectivity index is 3.80. The number of nitrogens with two attached hydrogens (primary N) is 1. The molecule has 0 fully saturated rings. The van der Waals surface area contributed by atoms with Gasteiger partial charge < -0.3 is 10.8 Å². The Morgan fingerprint density at radius 1 is 1.38 bits per heavy atom. The zero-order chi connectivity index (χ0) is 10.3. The van der Waals surface area contributed by atoms with Crippen LogP contribution in [0.4, 0.5) is 8.78 Å². The van der Waals surface area contributed by atoms with E-state index in [1.54, 1.807) is 0 Å². The molecule has 0 amide bonds. The highest BCUT2D eigenvalue weighted by atomic mass is 19.3. The predicted octanol–water partition coefficient (Wildman–Crippen LogP) is 1.91. The van der Waals surface area contributed by atoms with E-state index in [9.17, 15) is 8.78 Å². The van der Waals surface area contributed by atoms with Crippen LogP contribution >= 0.6 is 0 Å². The molecule has 0 aliphatic heterocycles. The molecule has 13 heavy (non-hydrogen) atoms. The average molecular weight is 195 g/mol. The number of unbranched alkanes of at least 4 members (excludes halogenated alkanes) is 1. The first-order chi connectivity index (χ1) is 6.04. The molecule has 0 heterocycles. The molecule has 0 rings (SSSR count). The fourth-order valence-corrected chi connectivity index (χ4v) is 1.11. The van der Waals surface area contributed by atoms with Gasteiger partial charge in [-0.3, -0.25) is 0 Å². The highest BCUT2D eigenvalue weighted by molar-refractivity contribution is 4.76. The van der Waals surface area contributed by atoms with Gasteiger partial charge in [0.05, 0.1) is 0 Å².